The Morgan fingerprint density at radius 2 is 1.65 bits per heavy atom. The molecule has 0 atom stereocenters. The van der Waals surface area contributed by atoms with Gasteiger partial charge in [0.2, 0.25) is 5.95 Å². The van der Waals surface area contributed by atoms with Crippen LogP contribution in [-0.2, 0) is 0 Å². The van der Waals surface area contributed by atoms with Crippen LogP contribution in [0.2, 0.25) is 0 Å². The summed E-state index contributed by atoms with van der Waals surface area (Å²) in [4.78, 5) is 26.5. The van der Waals surface area contributed by atoms with Gasteiger partial charge in [-0.3, -0.25) is 9.69 Å². The molecule has 1 aliphatic heterocycles. The van der Waals surface area contributed by atoms with Gasteiger partial charge in [-0.15, -0.1) is 0 Å². The number of piperazine rings is 1. The molecule has 7 nitrogen and oxygen atoms in total. The Kier molecular flexibility index (Phi) is 7.75. The summed E-state index contributed by atoms with van der Waals surface area (Å²) < 4.78 is 5.21. The number of benzene rings is 2. The Balaban J connectivity index is 1.38. The normalized spacial score (nSPS) is 14.3. The number of nitrogens with one attached hydrogen (secondary N) is 1. The van der Waals surface area contributed by atoms with Crippen molar-refractivity contribution in [3.63, 3.8) is 0 Å². The number of anilines is 2. The summed E-state index contributed by atoms with van der Waals surface area (Å²) >= 11 is 0. The smallest absolute Gasteiger partial charge is 0.254 e. The third-order valence-electron chi connectivity index (χ3n) is 6.50. The first kappa shape index (κ1) is 23.7. The topological polar surface area (TPSA) is 70.6 Å². The van der Waals surface area contributed by atoms with E-state index in [1.54, 1.807) is 19.5 Å². The number of nitrogens with zero attached hydrogens (tertiary/aromatic N) is 4. The molecule has 1 amide bonds. The first-order chi connectivity index (χ1) is 16.6. The van der Waals surface area contributed by atoms with Gasteiger partial charge >= 0.3 is 0 Å². The lowest BCUT2D eigenvalue weighted by molar-refractivity contribution is 0.0559. The van der Waals surface area contributed by atoms with Crippen molar-refractivity contribution < 1.29 is 9.53 Å². The molecule has 1 aromatic heterocycles. The van der Waals surface area contributed by atoms with E-state index in [-0.39, 0.29) is 5.91 Å². The summed E-state index contributed by atoms with van der Waals surface area (Å²) in [6.45, 7) is 7.88. The van der Waals surface area contributed by atoms with Crippen molar-refractivity contribution in [2.24, 2.45) is 0 Å². The fourth-order valence-electron chi connectivity index (χ4n) is 4.46. The molecule has 1 fully saturated rings. The van der Waals surface area contributed by atoms with Gasteiger partial charge in [-0.05, 0) is 48.7 Å². The number of ether oxygens (including phenoxy) is 1. The highest BCUT2D eigenvalue weighted by molar-refractivity contribution is 5.95. The highest BCUT2D eigenvalue weighted by atomic mass is 16.5. The predicted molar refractivity (Wildman–Crippen MR) is 136 cm³/mol. The molecule has 3 aromatic rings. The minimum Gasteiger partial charge on any atom is -0.497 e. The quantitative estimate of drug-likeness (QED) is 0.520. The van der Waals surface area contributed by atoms with Gasteiger partial charge in [-0.1, -0.05) is 32.0 Å². The molecule has 0 spiro atoms. The summed E-state index contributed by atoms with van der Waals surface area (Å²) in [6.07, 6.45) is 5.87. The van der Waals surface area contributed by atoms with E-state index in [1.807, 2.05) is 53.4 Å². The van der Waals surface area contributed by atoms with Crippen molar-refractivity contribution in [3.8, 4) is 16.9 Å². The lowest BCUT2D eigenvalue weighted by Gasteiger charge is -2.38. The van der Waals surface area contributed by atoms with Crippen LogP contribution in [0.3, 0.4) is 0 Å². The first-order valence-corrected chi connectivity index (χ1v) is 12.0. The Bertz CT molecular complexity index is 1070. The van der Waals surface area contributed by atoms with Crippen molar-refractivity contribution in [1.29, 1.82) is 0 Å². The van der Waals surface area contributed by atoms with Gasteiger partial charge in [-0.25, -0.2) is 9.97 Å². The third kappa shape index (κ3) is 5.54. The van der Waals surface area contributed by atoms with Crippen LogP contribution in [0.4, 0.5) is 11.6 Å². The lowest BCUT2D eigenvalue weighted by atomic mass is 10.1. The van der Waals surface area contributed by atoms with Crippen molar-refractivity contribution in [1.82, 2.24) is 19.8 Å². The van der Waals surface area contributed by atoms with Gasteiger partial charge in [-0.2, -0.15) is 0 Å². The number of aromatic nitrogens is 2. The average Bonchev–Trinajstić information content (AvgIpc) is 2.90. The van der Waals surface area contributed by atoms with Gasteiger partial charge in [0.25, 0.3) is 5.91 Å². The van der Waals surface area contributed by atoms with E-state index >= 15 is 0 Å². The predicted octanol–water partition coefficient (Wildman–Crippen LogP) is 4.84. The minimum absolute atomic E-state index is 0.0728. The highest BCUT2D eigenvalue weighted by Gasteiger charge is 2.25. The number of hydrogen-bond donors (Lipinski definition) is 1. The molecule has 1 saturated heterocycles. The molecule has 4 rings (SSSR count). The molecule has 2 aromatic carbocycles. The van der Waals surface area contributed by atoms with Gasteiger partial charge in [0.15, 0.2) is 0 Å². The number of methoxy groups -OCH3 is 1. The molecule has 178 valence electrons. The van der Waals surface area contributed by atoms with Gasteiger partial charge in [0.1, 0.15) is 5.75 Å². The molecule has 34 heavy (non-hydrogen) atoms. The summed E-state index contributed by atoms with van der Waals surface area (Å²) in [7, 11) is 1.65. The fraction of sp³-hybridized carbons (Fsp3) is 0.370. The molecule has 1 aliphatic rings. The molecule has 0 bridgehead atoms. The van der Waals surface area contributed by atoms with E-state index < -0.39 is 0 Å². The van der Waals surface area contributed by atoms with Crippen LogP contribution in [0, 0.1) is 0 Å². The maximum absolute atomic E-state index is 13.1. The van der Waals surface area contributed by atoms with E-state index in [1.165, 1.54) is 0 Å². The first-order valence-electron chi connectivity index (χ1n) is 12.0. The van der Waals surface area contributed by atoms with Crippen LogP contribution in [-0.4, -0.2) is 65.0 Å². The lowest BCUT2D eigenvalue weighted by Crippen LogP contribution is -2.51. The fourth-order valence-corrected chi connectivity index (χ4v) is 4.46. The molecule has 7 heteroatoms. The maximum atomic E-state index is 13.1. The van der Waals surface area contributed by atoms with Crippen LogP contribution in [0.1, 0.15) is 37.0 Å². The number of carbonyl (C=O) groups is 1. The summed E-state index contributed by atoms with van der Waals surface area (Å²) in [5.74, 6) is 1.37. The van der Waals surface area contributed by atoms with Crippen LogP contribution < -0.4 is 10.1 Å². The highest BCUT2D eigenvalue weighted by Crippen LogP contribution is 2.23. The number of rotatable bonds is 8. The number of amides is 1. The van der Waals surface area contributed by atoms with Crippen molar-refractivity contribution >= 4 is 17.5 Å². The zero-order valence-corrected chi connectivity index (χ0v) is 20.2. The maximum Gasteiger partial charge on any atom is 0.254 e. The Morgan fingerprint density at radius 3 is 2.26 bits per heavy atom. The zero-order chi connectivity index (χ0) is 23.9. The van der Waals surface area contributed by atoms with Crippen LogP contribution in [0.15, 0.2) is 60.9 Å². The van der Waals surface area contributed by atoms with Gasteiger partial charge < -0.3 is 15.0 Å². The molecule has 0 radical (unpaired) electrons. The van der Waals surface area contributed by atoms with Crippen LogP contribution >= 0.6 is 0 Å². The van der Waals surface area contributed by atoms with Crippen molar-refractivity contribution in [3.05, 3.63) is 66.5 Å². The number of hydrogen-bond acceptors (Lipinski definition) is 6. The van der Waals surface area contributed by atoms with Crippen LogP contribution in [0.5, 0.6) is 5.75 Å². The standard InChI is InChI=1S/C27H33N5O2/c1-4-24(5-2)31-13-15-32(16-14-31)26(33)21-7-6-8-23(17-21)30-27-28-18-22(19-29-27)20-9-11-25(34-3)12-10-20/h6-12,17-19,24H,4-5,13-16H2,1-3H3,(H,28,29,30). The monoisotopic (exact) mass is 459 g/mol. The summed E-state index contributed by atoms with van der Waals surface area (Å²) in [5.41, 5.74) is 3.41. The summed E-state index contributed by atoms with van der Waals surface area (Å²) in [5, 5.41) is 3.22. The molecular weight excluding hydrogens is 426 g/mol. The second-order valence-electron chi connectivity index (χ2n) is 8.53. The Labute approximate surface area is 201 Å². The Morgan fingerprint density at radius 1 is 0.971 bits per heavy atom. The summed E-state index contributed by atoms with van der Waals surface area (Å²) in [6, 6.07) is 15.9. The molecule has 2 heterocycles. The second kappa shape index (κ2) is 11.1. The van der Waals surface area contributed by atoms with Crippen LogP contribution in [0.25, 0.3) is 11.1 Å². The van der Waals surface area contributed by atoms with E-state index in [2.05, 4.69) is 34.0 Å². The largest absolute Gasteiger partial charge is 0.497 e. The van der Waals surface area contributed by atoms with E-state index in [4.69, 9.17) is 4.74 Å². The SMILES string of the molecule is CCC(CC)N1CCN(C(=O)c2cccc(Nc3ncc(-c4ccc(OC)cc4)cn3)c2)CC1. The van der Waals surface area contributed by atoms with E-state index in [0.29, 0.717) is 17.6 Å². The zero-order valence-electron chi connectivity index (χ0n) is 20.2. The number of carbonyl (C=O) groups excluding carboxylic acids is 1. The van der Waals surface area contributed by atoms with Crippen molar-refractivity contribution in [2.75, 3.05) is 38.6 Å². The molecule has 1 N–H and O–H groups in total. The van der Waals surface area contributed by atoms with Gasteiger partial charge in [0, 0.05) is 61.4 Å². The van der Waals surface area contributed by atoms with E-state index in [0.717, 1.165) is 61.6 Å². The third-order valence-corrected chi connectivity index (χ3v) is 6.50. The molecule has 0 saturated carbocycles. The Hall–Kier alpha value is -3.45. The van der Waals surface area contributed by atoms with Crippen molar-refractivity contribution in [2.45, 2.75) is 32.7 Å². The average molecular weight is 460 g/mol. The molecular formula is C27H33N5O2. The minimum atomic E-state index is 0.0728. The molecule has 0 aliphatic carbocycles. The van der Waals surface area contributed by atoms with Gasteiger partial charge in [0.05, 0.1) is 7.11 Å². The molecule has 0 unspecified atom stereocenters. The second-order valence-corrected chi connectivity index (χ2v) is 8.53. The van der Waals surface area contributed by atoms with E-state index in [9.17, 15) is 4.79 Å².